The lowest BCUT2D eigenvalue weighted by atomic mass is 9.87. The molecule has 0 atom stereocenters. The average Bonchev–Trinajstić information content (AvgIpc) is 2.72. The Morgan fingerprint density at radius 2 is 1.91 bits per heavy atom. The van der Waals surface area contributed by atoms with Crippen molar-refractivity contribution in [3.63, 3.8) is 0 Å². The molecule has 0 aromatic heterocycles. The lowest BCUT2D eigenvalue weighted by Crippen LogP contribution is -2.45. The summed E-state index contributed by atoms with van der Waals surface area (Å²) < 4.78 is 15.1. The number of nitrogens with one attached hydrogen (secondary N) is 1. The Balaban J connectivity index is 1.98. The Labute approximate surface area is 190 Å². The second kappa shape index (κ2) is 9.00. The SMILES string of the molecule is CCCN1c2cc(F)c(/C=C(\C#N)C(=O)Nc3ccc(C)c(C)c3)cc2C(C)=CC1(C)C. The first kappa shape index (κ1) is 23.3. The molecule has 1 heterocycles. The molecule has 32 heavy (non-hydrogen) atoms. The highest BCUT2D eigenvalue weighted by Gasteiger charge is 2.31. The van der Waals surface area contributed by atoms with Crippen molar-refractivity contribution in [2.75, 3.05) is 16.8 Å². The highest BCUT2D eigenvalue weighted by atomic mass is 19.1. The lowest BCUT2D eigenvalue weighted by Gasteiger charge is -2.43. The number of aryl methyl sites for hydroxylation is 2. The summed E-state index contributed by atoms with van der Waals surface area (Å²) in [6.45, 7) is 13.1. The van der Waals surface area contributed by atoms with Crippen LogP contribution in [0, 0.1) is 31.0 Å². The molecule has 2 aromatic carbocycles. The van der Waals surface area contributed by atoms with Crippen LogP contribution in [0.3, 0.4) is 0 Å². The van der Waals surface area contributed by atoms with Crippen molar-refractivity contribution in [3.8, 4) is 6.07 Å². The fourth-order valence-electron chi connectivity index (χ4n) is 4.18. The number of rotatable bonds is 5. The number of hydrogen-bond acceptors (Lipinski definition) is 3. The zero-order chi connectivity index (χ0) is 23.6. The quantitative estimate of drug-likeness (QED) is 0.440. The number of anilines is 2. The van der Waals surface area contributed by atoms with Gasteiger partial charge < -0.3 is 10.2 Å². The van der Waals surface area contributed by atoms with Gasteiger partial charge in [-0.1, -0.05) is 19.1 Å². The van der Waals surface area contributed by atoms with E-state index in [2.05, 4.69) is 37.1 Å². The Morgan fingerprint density at radius 1 is 1.19 bits per heavy atom. The normalized spacial score (nSPS) is 15.0. The van der Waals surface area contributed by atoms with Gasteiger partial charge in [0, 0.05) is 29.0 Å². The molecule has 0 saturated carbocycles. The minimum atomic E-state index is -0.561. The molecule has 0 bridgehead atoms. The van der Waals surface area contributed by atoms with E-state index < -0.39 is 11.7 Å². The Bertz CT molecular complexity index is 1170. The van der Waals surface area contributed by atoms with Gasteiger partial charge in [0.15, 0.2) is 0 Å². The highest BCUT2D eigenvalue weighted by Crippen LogP contribution is 2.40. The van der Waals surface area contributed by atoms with Gasteiger partial charge in [-0.2, -0.15) is 5.26 Å². The van der Waals surface area contributed by atoms with E-state index in [1.807, 2.05) is 39.0 Å². The smallest absolute Gasteiger partial charge is 0.266 e. The number of hydrogen-bond donors (Lipinski definition) is 1. The molecular weight excluding hydrogens is 401 g/mol. The van der Waals surface area contributed by atoms with Gasteiger partial charge in [0.25, 0.3) is 5.91 Å². The van der Waals surface area contributed by atoms with E-state index >= 15 is 4.39 Å². The molecule has 0 fully saturated rings. The lowest BCUT2D eigenvalue weighted by molar-refractivity contribution is -0.112. The zero-order valence-corrected chi connectivity index (χ0v) is 19.6. The minimum Gasteiger partial charge on any atom is -0.362 e. The molecule has 166 valence electrons. The van der Waals surface area contributed by atoms with Gasteiger partial charge in [0.2, 0.25) is 0 Å². The fraction of sp³-hybridized carbons (Fsp3) is 0.333. The van der Waals surface area contributed by atoms with Gasteiger partial charge >= 0.3 is 0 Å². The number of amides is 1. The van der Waals surface area contributed by atoms with Crippen LogP contribution in [-0.4, -0.2) is 18.0 Å². The van der Waals surface area contributed by atoms with Crippen LogP contribution in [0.1, 0.15) is 56.4 Å². The maximum Gasteiger partial charge on any atom is 0.266 e. The summed E-state index contributed by atoms with van der Waals surface area (Å²) in [5, 5.41) is 12.3. The first-order valence-corrected chi connectivity index (χ1v) is 10.9. The second-order valence-corrected chi connectivity index (χ2v) is 8.95. The van der Waals surface area contributed by atoms with E-state index in [9.17, 15) is 10.1 Å². The molecule has 1 aliphatic rings. The van der Waals surface area contributed by atoms with Gasteiger partial charge in [-0.3, -0.25) is 4.79 Å². The monoisotopic (exact) mass is 431 g/mol. The molecule has 0 radical (unpaired) electrons. The van der Waals surface area contributed by atoms with Gasteiger partial charge in [-0.05, 0) is 88.1 Å². The molecule has 4 nitrogen and oxygen atoms in total. The highest BCUT2D eigenvalue weighted by molar-refractivity contribution is 6.09. The van der Waals surface area contributed by atoms with Crippen LogP contribution >= 0.6 is 0 Å². The van der Waals surface area contributed by atoms with Crippen molar-refractivity contribution in [3.05, 3.63) is 70.1 Å². The summed E-state index contributed by atoms with van der Waals surface area (Å²) in [5.74, 6) is -1.02. The molecule has 0 spiro atoms. The predicted molar refractivity (Wildman–Crippen MR) is 130 cm³/mol. The molecule has 5 heteroatoms. The maximum atomic E-state index is 15.1. The van der Waals surface area contributed by atoms with Gasteiger partial charge in [0.1, 0.15) is 17.5 Å². The van der Waals surface area contributed by atoms with Gasteiger partial charge in [-0.15, -0.1) is 0 Å². The van der Waals surface area contributed by atoms with Crippen LogP contribution in [0.4, 0.5) is 15.8 Å². The van der Waals surface area contributed by atoms with Crippen molar-refractivity contribution < 1.29 is 9.18 Å². The van der Waals surface area contributed by atoms with Crippen LogP contribution in [0.5, 0.6) is 0 Å². The standard InChI is InChI=1S/C27H30FN3O/c1-7-10-31-25-14-24(28)20(13-23(25)19(4)15-27(31,5)6)12-21(16-29)26(32)30-22-9-8-17(2)18(3)11-22/h8-9,11-15H,7,10H2,1-6H3,(H,30,32)/b21-12+. The fourth-order valence-corrected chi connectivity index (χ4v) is 4.18. The first-order valence-electron chi connectivity index (χ1n) is 10.9. The number of fused-ring (bicyclic) bond motifs is 1. The topological polar surface area (TPSA) is 56.1 Å². The molecule has 0 unspecified atom stereocenters. The van der Waals surface area contributed by atoms with Crippen LogP contribution < -0.4 is 10.2 Å². The van der Waals surface area contributed by atoms with Crippen LogP contribution in [0.15, 0.2) is 42.0 Å². The summed E-state index contributed by atoms with van der Waals surface area (Å²) in [6.07, 6.45) is 4.44. The number of allylic oxidation sites excluding steroid dienone is 1. The van der Waals surface area contributed by atoms with Crippen molar-refractivity contribution in [1.82, 2.24) is 0 Å². The largest absolute Gasteiger partial charge is 0.362 e. The Morgan fingerprint density at radius 3 is 2.53 bits per heavy atom. The molecule has 1 aliphatic heterocycles. The van der Waals surface area contributed by atoms with E-state index in [1.54, 1.807) is 12.1 Å². The molecule has 3 rings (SSSR count). The third kappa shape index (κ3) is 4.60. The van der Waals surface area contributed by atoms with Crippen molar-refractivity contribution >= 4 is 28.9 Å². The van der Waals surface area contributed by atoms with Crippen LogP contribution in [0.2, 0.25) is 0 Å². The summed E-state index contributed by atoms with van der Waals surface area (Å²) in [7, 11) is 0. The summed E-state index contributed by atoms with van der Waals surface area (Å²) in [4.78, 5) is 14.9. The summed E-state index contributed by atoms with van der Waals surface area (Å²) >= 11 is 0. The average molecular weight is 432 g/mol. The van der Waals surface area contributed by atoms with E-state index in [0.717, 1.165) is 40.9 Å². The maximum absolute atomic E-state index is 15.1. The third-order valence-electron chi connectivity index (χ3n) is 5.97. The van der Waals surface area contributed by atoms with E-state index in [0.29, 0.717) is 5.69 Å². The minimum absolute atomic E-state index is 0.148. The Kier molecular flexibility index (Phi) is 6.55. The number of halogens is 1. The van der Waals surface area contributed by atoms with E-state index in [4.69, 9.17) is 0 Å². The molecular formula is C27H30FN3O. The zero-order valence-electron chi connectivity index (χ0n) is 19.6. The van der Waals surface area contributed by atoms with Crippen molar-refractivity contribution in [1.29, 1.82) is 5.26 Å². The summed E-state index contributed by atoms with van der Waals surface area (Å²) in [5.41, 5.74) is 5.39. The second-order valence-electron chi connectivity index (χ2n) is 8.95. The number of nitriles is 1. The van der Waals surface area contributed by atoms with Crippen LogP contribution in [0.25, 0.3) is 11.6 Å². The van der Waals surface area contributed by atoms with Gasteiger partial charge in [-0.25, -0.2) is 4.39 Å². The number of nitrogens with zero attached hydrogens (tertiary/aromatic N) is 2. The first-order chi connectivity index (χ1) is 15.1. The number of benzene rings is 2. The Hall–Kier alpha value is -3.39. The molecule has 0 aliphatic carbocycles. The predicted octanol–water partition coefficient (Wildman–Crippen LogP) is 6.40. The van der Waals surface area contributed by atoms with Crippen molar-refractivity contribution in [2.24, 2.45) is 0 Å². The molecule has 1 amide bonds. The van der Waals surface area contributed by atoms with E-state index in [-0.39, 0.29) is 16.7 Å². The molecule has 1 N–H and O–H groups in total. The van der Waals surface area contributed by atoms with Crippen LogP contribution in [-0.2, 0) is 4.79 Å². The number of carbonyl (C=O) groups excluding carboxylic acids is 1. The molecule has 0 saturated heterocycles. The summed E-state index contributed by atoms with van der Waals surface area (Å²) in [6, 6.07) is 10.7. The van der Waals surface area contributed by atoms with Gasteiger partial charge in [0.05, 0.1) is 5.54 Å². The number of carbonyl (C=O) groups is 1. The van der Waals surface area contributed by atoms with E-state index in [1.165, 1.54) is 12.1 Å². The third-order valence-corrected chi connectivity index (χ3v) is 5.97. The van der Waals surface area contributed by atoms with Crippen molar-refractivity contribution in [2.45, 2.75) is 53.5 Å². The molecule has 2 aromatic rings.